The summed E-state index contributed by atoms with van der Waals surface area (Å²) in [5, 5.41) is 0. The normalized spacial score (nSPS) is 24.9. The van der Waals surface area contributed by atoms with Gasteiger partial charge in [0.15, 0.2) is 0 Å². The van der Waals surface area contributed by atoms with Crippen LogP contribution in [-0.2, 0) is 6.42 Å². The van der Waals surface area contributed by atoms with Crippen LogP contribution in [0.2, 0.25) is 0 Å². The molecule has 0 aliphatic carbocycles. The van der Waals surface area contributed by atoms with Gasteiger partial charge in [0.25, 0.3) is 0 Å². The van der Waals surface area contributed by atoms with E-state index >= 15 is 0 Å². The van der Waals surface area contributed by atoms with E-state index in [-0.39, 0.29) is 5.82 Å². The molecule has 0 unspecified atom stereocenters. The minimum absolute atomic E-state index is 0.127. The van der Waals surface area contributed by atoms with Crippen molar-refractivity contribution in [3.8, 4) is 0 Å². The molecule has 2 aliphatic heterocycles. The maximum absolute atomic E-state index is 13.0. The molecule has 1 atom stereocenters. The van der Waals surface area contributed by atoms with Crippen LogP contribution in [0, 0.1) is 17.7 Å². The van der Waals surface area contributed by atoms with E-state index in [9.17, 15) is 4.39 Å². The molecule has 0 saturated carbocycles. The second kappa shape index (κ2) is 8.25. The van der Waals surface area contributed by atoms with Crippen molar-refractivity contribution in [2.75, 3.05) is 39.3 Å². The molecule has 1 aromatic carbocycles. The van der Waals surface area contributed by atoms with E-state index in [2.05, 4.69) is 16.7 Å². The molecule has 0 radical (unpaired) electrons. The molecule has 0 N–H and O–H groups in total. The van der Waals surface area contributed by atoms with Gasteiger partial charge >= 0.3 is 0 Å². The van der Waals surface area contributed by atoms with Gasteiger partial charge in [0.05, 0.1) is 0 Å². The second-order valence-electron chi connectivity index (χ2n) is 7.48. The van der Waals surface area contributed by atoms with Crippen LogP contribution in [0.4, 0.5) is 4.39 Å². The van der Waals surface area contributed by atoms with E-state index in [1.807, 2.05) is 12.1 Å². The van der Waals surface area contributed by atoms with Gasteiger partial charge in [-0.3, -0.25) is 0 Å². The first-order chi connectivity index (χ1) is 11.2. The lowest BCUT2D eigenvalue weighted by Crippen LogP contribution is -2.42. The van der Waals surface area contributed by atoms with E-state index in [4.69, 9.17) is 0 Å². The summed E-state index contributed by atoms with van der Waals surface area (Å²) in [5.74, 6) is 1.50. The number of hydrogen-bond donors (Lipinski definition) is 0. The molecule has 128 valence electrons. The third-order valence-electron chi connectivity index (χ3n) is 5.71. The number of likely N-dealkylation sites (tertiary alicyclic amines) is 2. The predicted octanol–water partition coefficient (Wildman–Crippen LogP) is 3.81. The Kier molecular flexibility index (Phi) is 6.07. The predicted molar refractivity (Wildman–Crippen MR) is 94.1 cm³/mol. The number of rotatable bonds is 5. The van der Waals surface area contributed by atoms with Crippen LogP contribution in [-0.4, -0.2) is 49.1 Å². The molecule has 2 aliphatic rings. The van der Waals surface area contributed by atoms with Crippen LogP contribution >= 0.6 is 0 Å². The molecule has 2 heterocycles. The summed E-state index contributed by atoms with van der Waals surface area (Å²) in [6.45, 7) is 9.83. The molecular formula is C20H31FN2. The van der Waals surface area contributed by atoms with Gasteiger partial charge in [0.2, 0.25) is 0 Å². The Balaban J connectivity index is 1.45. The molecule has 3 heteroatoms. The van der Waals surface area contributed by atoms with Gasteiger partial charge in [-0.1, -0.05) is 19.1 Å². The van der Waals surface area contributed by atoms with Crippen molar-refractivity contribution in [1.29, 1.82) is 0 Å². The molecule has 1 aromatic rings. The van der Waals surface area contributed by atoms with E-state index in [0.717, 1.165) is 18.3 Å². The highest BCUT2D eigenvalue weighted by Gasteiger charge is 2.24. The lowest BCUT2D eigenvalue weighted by atomic mass is 9.89. The Labute approximate surface area is 140 Å². The number of halogens is 1. The Morgan fingerprint density at radius 3 is 2.39 bits per heavy atom. The minimum atomic E-state index is -0.127. The van der Waals surface area contributed by atoms with Gasteiger partial charge in [-0.05, 0) is 87.8 Å². The maximum Gasteiger partial charge on any atom is 0.123 e. The van der Waals surface area contributed by atoms with Crippen molar-refractivity contribution in [3.05, 3.63) is 35.6 Å². The molecule has 0 amide bonds. The Hall–Kier alpha value is -0.930. The highest BCUT2D eigenvalue weighted by molar-refractivity contribution is 5.16. The topological polar surface area (TPSA) is 6.48 Å². The van der Waals surface area contributed by atoms with Gasteiger partial charge in [-0.15, -0.1) is 0 Å². The smallest absolute Gasteiger partial charge is 0.123 e. The number of nitrogens with zero attached hydrogens (tertiary/aromatic N) is 2. The van der Waals surface area contributed by atoms with Gasteiger partial charge in [0, 0.05) is 13.1 Å². The van der Waals surface area contributed by atoms with Crippen LogP contribution in [0.3, 0.4) is 0 Å². The van der Waals surface area contributed by atoms with Crippen molar-refractivity contribution in [2.45, 2.75) is 39.0 Å². The summed E-state index contributed by atoms with van der Waals surface area (Å²) < 4.78 is 13.0. The van der Waals surface area contributed by atoms with Crippen LogP contribution in [0.1, 0.15) is 38.2 Å². The largest absolute Gasteiger partial charge is 0.304 e. The zero-order valence-corrected chi connectivity index (χ0v) is 14.5. The highest BCUT2D eigenvalue weighted by atomic mass is 19.1. The lowest BCUT2D eigenvalue weighted by molar-refractivity contribution is 0.114. The van der Waals surface area contributed by atoms with E-state index in [1.165, 1.54) is 70.5 Å². The van der Waals surface area contributed by atoms with Crippen LogP contribution in [0.25, 0.3) is 0 Å². The van der Waals surface area contributed by atoms with Crippen molar-refractivity contribution < 1.29 is 4.39 Å². The van der Waals surface area contributed by atoms with Crippen molar-refractivity contribution >= 4 is 0 Å². The third kappa shape index (κ3) is 5.02. The van der Waals surface area contributed by atoms with E-state index < -0.39 is 0 Å². The zero-order chi connectivity index (χ0) is 16.1. The molecule has 2 nitrogen and oxygen atoms in total. The second-order valence-corrected chi connectivity index (χ2v) is 7.48. The standard InChI is InChI=1S/C20H31FN2/c1-2-22-12-9-18(10-13-22)15-23-11-3-4-19(16-23)14-17-5-7-20(21)8-6-17/h5-8,18-19H,2-4,9-16H2,1H3/t19-/m0/s1. The molecule has 3 rings (SSSR count). The van der Waals surface area contributed by atoms with Crippen molar-refractivity contribution in [1.82, 2.24) is 9.80 Å². The third-order valence-corrected chi connectivity index (χ3v) is 5.71. The summed E-state index contributed by atoms with van der Waals surface area (Å²) in [5.41, 5.74) is 1.29. The van der Waals surface area contributed by atoms with Crippen molar-refractivity contribution in [2.24, 2.45) is 11.8 Å². The fourth-order valence-electron chi connectivity index (χ4n) is 4.29. The van der Waals surface area contributed by atoms with Gasteiger partial charge in [-0.25, -0.2) is 4.39 Å². The molecule has 23 heavy (non-hydrogen) atoms. The zero-order valence-electron chi connectivity index (χ0n) is 14.5. The average molecular weight is 318 g/mol. The first-order valence-corrected chi connectivity index (χ1v) is 9.42. The average Bonchev–Trinajstić information content (AvgIpc) is 2.58. The SMILES string of the molecule is CCN1CCC(CN2CCC[C@@H](Cc3ccc(F)cc3)C2)CC1. The van der Waals surface area contributed by atoms with E-state index in [1.54, 1.807) is 12.1 Å². The van der Waals surface area contributed by atoms with Crippen LogP contribution in [0.15, 0.2) is 24.3 Å². The molecule has 2 saturated heterocycles. The monoisotopic (exact) mass is 318 g/mol. The Morgan fingerprint density at radius 1 is 0.957 bits per heavy atom. The Morgan fingerprint density at radius 2 is 1.70 bits per heavy atom. The number of benzene rings is 1. The highest BCUT2D eigenvalue weighted by Crippen LogP contribution is 2.24. The van der Waals surface area contributed by atoms with Gasteiger partial charge in [0.1, 0.15) is 5.82 Å². The van der Waals surface area contributed by atoms with Gasteiger partial charge < -0.3 is 9.80 Å². The summed E-state index contributed by atoms with van der Waals surface area (Å²) in [6, 6.07) is 7.10. The number of hydrogen-bond acceptors (Lipinski definition) is 2. The minimum Gasteiger partial charge on any atom is -0.304 e. The Bertz CT molecular complexity index is 465. The summed E-state index contributed by atoms with van der Waals surface area (Å²) in [6.07, 6.45) is 6.48. The molecule has 0 spiro atoms. The first kappa shape index (κ1) is 16.9. The molecular weight excluding hydrogens is 287 g/mol. The van der Waals surface area contributed by atoms with Gasteiger partial charge in [-0.2, -0.15) is 0 Å². The molecule has 2 fully saturated rings. The first-order valence-electron chi connectivity index (χ1n) is 9.42. The number of piperidine rings is 2. The quantitative estimate of drug-likeness (QED) is 0.814. The molecule has 0 bridgehead atoms. The maximum atomic E-state index is 13.0. The fourth-order valence-corrected chi connectivity index (χ4v) is 4.29. The molecule has 0 aromatic heterocycles. The lowest BCUT2D eigenvalue weighted by Gasteiger charge is -2.38. The van der Waals surface area contributed by atoms with Crippen LogP contribution < -0.4 is 0 Å². The summed E-state index contributed by atoms with van der Waals surface area (Å²) in [4.78, 5) is 5.27. The van der Waals surface area contributed by atoms with E-state index in [0.29, 0.717) is 0 Å². The van der Waals surface area contributed by atoms with Crippen molar-refractivity contribution in [3.63, 3.8) is 0 Å². The fraction of sp³-hybridized carbons (Fsp3) is 0.700. The van der Waals surface area contributed by atoms with Crippen LogP contribution in [0.5, 0.6) is 0 Å². The summed E-state index contributed by atoms with van der Waals surface area (Å²) >= 11 is 0. The summed E-state index contributed by atoms with van der Waals surface area (Å²) in [7, 11) is 0.